The standard InChI is InChI=1S/C24H24N4O2S/c1-15-7-9-17(10-8-15)11-19-14-26-24(31-19)28-23(30)22(27-16(2)29)12-18-13-25-21-6-4-3-5-20(18)21/h3-10,13-14,22,25H,11-12H2,1-2H3,(H,27,29)(H,26,28,30). The van der Waals surface area contributed by atoms with E-state index >= 15 is 0 Å². The summed E-state index contributed by atoms with van der Waals surface area (Å²) in [5, 5.41) is 7.20. The van der Waals surface area contributed by atoms with Crippen LogP contribution in [0.1, 0.15) is 28.5 Å². The number of nitrogens with one attached hydrogen (secondary N) is 3. The van der Waals surface area contributed by atoms with Crippen molar-refractivity contribution >= 4 is 39.2 Å². The summed E-state index contributed by atoms with van der Waals surface area (Å²) >= 11 is 1.45. The van der Waals surface area contributed by atoms with Gasteiger partial charge >= 0.3 is 0 Å². The van der Waals surface area contributed by atoms with Crippen LogP contribution in [0.5, 0.6) is 0 Å². The van der Waals surface area contributed by atoms with Gasteiger partial charge in [-0.3, -0.25) is 9.59 Å². The highest BCUT2D eigenvalue weighted by Crippen LogP contribution is 2.23. The van der Waals surface area contributed by atoms with Crippen molar-refractivity contribution in [2.75, 3.05) is 5.32 Å². The molecule has 0 radical (unpaired) electrons. The van der Waals surface area contributed by atoms with Gasteiger partial charge in [-0.1, -0.05) is 48.0 Å². The monoisotopic (exact) mass is 432 g/mol. The number of hydrogen-bond acceptors (Lipinski definition) is 4. The Hall–Kier alpha value is -3.45. The number of aryl methyl sites for hydroxylation is 1. The number of carbonyl (C=O) groups excluding carboxylic acids is 2. The van der Waals surface area contributed by atoms with E-state index in [0.717, 1.165) is 27.8 Å². The Bertz CT molecular complexity index is 1210. The highest BCUT2D eigenvalue weighted by molar-refractivity contribution is 7.15. The molecular formula is C24H24N4O2S. The Morgan fingerprint density at radius 3 is 2.68 bits per heavy atom. The number of para-hydroxylation sites is 1. The molecule has 0 saturated carbocycles. The van der Waals surface area contributed by atoms with Gasteiger partial charge < -0.3 is 15.6 Å². The van der Waals surface area contributed by atoms with Crippen LogP contribution in [0.4, 0.5) is 5.13 Å². The fourth-order valence-electron chi connectivity index (χ4n) is 3.52. The van der Waals surface area contributed by atoms with Crippen molar-refractivity contribution in [1.82, 2.24) is 15.3 Å². The number of thiazole rings is 1. The van der Waals surface area contributed by atoms with Crippen LogP contribution in [-0.2, 0) is 22.4 Å². The maximum atomic E-state index is 12.9. The Morgan fingerprint density at radius 1 is 1.13 bits per heavy atom. The molecule has 6 nitrogen and oxygen atoms in total. The van der Waals surface area contributed by atoms with Crippen LogP contribution in [0.25, 0.3) is 10.9 Å². The summed E-state index contributed by atoms with van der Waals surface area (Å²) in [7, 11) is 0. The van der Waals surface area contributed by atoms with Crippen molar-refractivity contribution in [2.24, 2.45) is 0 Å². The maximum Gasteiger partial charge on any atom is 0.249 e. The molecule has 3 N–H and O–H groups in total. The van der Waals surface area contributed by atoms with Crippen LogP contribution in [-0.4, -0.2) is 27.8 Å². The van der Waals surface area contributed by atoms with E-state index in [1.165, 1.54) is 29.4 Å². The molecule has 158 valence electrons. The van der Waals surface area contributed by atoms with Crippen molar-refractivity contribution < 1.29 is 9.59 Å². The number of fused-ring (bicyclic) bond motifs is 1. The first-order chi connectivity index (χ1) is 15.0. The lowest BCUT2D eigenvalue weighted by Gasteiger charge is -2.16. The fourth-order valence-corrected chi connectivity index (χ4v) is 4.37. The second-order valence-corrected chi connectivity index (χ2v) is 8.72. The lowest BCUT2D eigenvalue weighted by molar-refractivity contribution is -0.125. The molecule has 2 heterocycles. The van der Waals surface area contributed by atoms with Crippen LogP contribution in [0, 0.1) is 6.92 Å². The summed E-state index contributed by atoms with van der Waals surface area (Å²) in [6, 6.07) is 15.6. The summed E-state index contributed by atoms with van der Waals surface area (Å²) in [6.07, 6.45) is 4.82. The maximum absolute atomic E-state index is 12.9. The van der Waals surface area contributed by atoms with Gasteiger partial charge in [0.05, 0.1) is 0 Å². The Kier molecular flexibility index (Phi) is 6.13. The molecule has 2 amide bonds. The van der Waals surface area contributed by atoms with Crippen LogP contribution < -0.4 is 10.6 Å². The van der Waals surface area contributed by atoms with E-state index in [-0.39, 0.29) is 11.8 Å². The highest BCUT2D eigenvalue weighted by atomic mass is 32.1. The zero-order chi connectivity index (χ0) is 21.8. The average Bonchev–Trinajstić information content (AvgIpc) is 3.36. The topological polar surface area (TPSA) is 86.9 Å². The predicted octanol–water partition coefficient (Wildman–Crippen LogP) is 4.21. The molecule has 1 atom stereocenters. The zero-order valence-corrected chi connectivity index (χ0v) is 18.3. The number of nitrogens with zero attached hydrogens (tertiary/aromatic N) is 1. The lowest BCUT2D eigenvalue weighted by atomic mass is 10.0. The minimum atomic E-state index is -0.693. The Morgan fingerprint density at radius 2 is 1.90 bits per heavy atom. The largest absolute Gasteiger partial charge is 0.361 e. The normalized spacial score (nSPS) is 11.9. The van der Waals surface area contributed by atoms with Gasteiger partial charge in [0.2, 0.25) is 11.8 Å². The van der Waals surface area contributed by atoms with Gasteiger partial charge in [0, 0.05) is 47.9 Å². The quantitative estimate of drug-likeness (QED) is 0.409. The van der Waals surface area contributed by atoms with E-state index in [9.17, 15) is 9.59 Å². The number of rotatable bonds is 7. The minimum Gasteiger partial charge on any atom is -0.361 e. The van der Waals surface area contributed by atoms with Gasteiger partial charge in [-0.2, -0.15) is 0 Å². The number of hydrogen-bond donors (Lipinski definition) is 3. The Balaban J connectivity index is 1.46. The molecule has 0 aliphatic carbocycles. The van der Waals surface area contributed by atoms with Crippen molar-refractivity contribution in [2.45, 2.75) is 32.7 Å². The second-order valence-electron chi connectivity index (χ2n) is 7.60. The molecule has 0 fully saturated rings. The summed E-state index contributed by atoms with van der Waals surface area (Å²) < 4.78 is 0. The fraction of sp³-hybridized carbons (Fsp3) is 0.208. The van der Waals surface area contributed by atoms with Crippen molar-refractivity contribution in [3.8, 4) is 0 Å². The average molecular weight is 433 g/mol. The predicted molar refractivity (Wildman–Crippen MR) is 124 cm³/mol. The van der Waals surface area contributed by atoms with Crippen molar-refractivity contribution in [1.29, 1.82) is 0 Å². The van der Waals surface area contributed by atoms with Gasteiger partial charge in [0.15, 0.2) is 5.13 Å². The summed E-state index contributed by atoms with van der Waals surface area (Å²) in [6.45, 7) is 3.48. The van der Waals surface area contributed by atoms with E-state index in [1.807, 2.05) is 30.5 Å². The number of amides is 2. The van der Waals surface area contributed by atoms with Crippen LogP contribution >= 0.6 is 11.3 Å². The number of anilines is 1. The van der Waals surface area contributed by atoms with Crippen LogP contribution in [0.15, 0.2) is 60.9 Å². The van der Waals surface area contributed by atoms with Gasteiger partial charge in [-0.25, -0.2) is 4.98 Å². The smallest absolute Gasteiger partial charge is 0.249 e. The van der Waals surface area contributed by atoms with E-state index < -0.39 is 6.04 Å². The third-order valence-electron chi connectivity index (χ3n) is 5.08. The second kappa shape index (κ2) is 9.14. The van der Waals surface area contributed by atoms with E-state index in [0.29, 0.717) is 11.6 Å². The molecule has 2 aromatic heterocycles. The summed E-state index contributed by atoms with van der Waals surface area (Å²) in [5.74, 6) is -0.532. The van der Waals surface area contributed by atoms with Gasteiger partial charge in [-0.15, -0.1) is 11.3 Å². The first-order valence-corrected chi connectivity index (χ1v) is 10.9. The molecule has 2 aromatic carbocycles. The molecule has 31 heavy (non-hydrogen) atoms. The number of aromatic amines is 1. The SMILES string of the molecule is CC(=O)NC(Cc1c[nH]c2ccccc12)C(=O)Nc1ncc(Cc2ccc(C)cc2)s1. The first kappa shape index (κ1) is 20.8. The summed E-state index contributed by atoms with van der Waals surface area (Å²) in [4.78, 5) is 33.3. The third-order valence-corrected chi connectivity index (χ3v) is 5.99. The van der Waals surface area contributed by atoms with Crippen LogP contribution in [0.3, 0.4) is 0 Å². The van der Waals surface area contributed by atoms with Gasteiger partial charge in [-0.05, 0) is 24.1 Å². The molecule has 0 bridgehead atoms. The molecular weight excluding hydrogens is 408 g/mol. The molecule has 0 aliphatic heterocycles. The third kappa shape index (κ3) is 5.19. The molecule has 0 saturated heterocycles. The van der Waals surface area contributed by atoms with Gasteiger partial charge in [0.25, 0.3) is 0 Å². The van der Waals surface area contributed by atoms with E-state index in [4.69, 9.17) is 0 Å². The molecule has 1 unspecified atom stereocenters. The number of carbonyl (C=O) groups is 2. The molecule has 0 aliphatic rings. The first-order valence-electron chi connectivity index (χ1n) is 10.1. The van der Waals surface area contributed by atoms with Crippen molar-refractivity contribution in [3.05, 3.63) is 82.5 Å². The van der Waals surface area contributed by atoms with Crippen LogP contribution in [0.2, 0.25) is 0 Å². The van der Waals surface area contributed by atoms with E-state index in [2.05, 4.69) is 51.8 Å². The highest BCUT2D eigenvalue weighted by Gasteiger charge is 2.22. The Labute approximate surface area is 184 Å². The molecule has 0 spiro atoms. The zero-order valence-electron chi connectivity index (χ0n) is 17.4. The van der Waals surface area contributed by atoms with E-state index in [1.54, 1.807) is 6.20 Å². The van der Waals surface area contributed by atoms with Gasteiger partial charge in [0.1, 0.15) is 6.04 Å². The van der Waals surface area contributed by atoms with Crippen molar-refractivity contribution in [3.63, 3.8) is 0 Å². The molecule has 4 rings (SSSR count). The number of benzene rings is 2. The number of aromatic nitrogens is 2. The lowest BCUT2D eigenvalue weighted by Crippen LogP contribution is -2.44. The number of H-pyrrole nitrogens is 1. The molecule has 7 heteroatoms. The minimum absolute atomic E-state index is 0.251. The summed E-state index contributed by atoms with van der Waals surface area (Å²) in [5.41, 5.74) is 4.40. The molecule has 4 aromatic rings.